The topological polar surface area (TPSA) is 37.3 Å². The number of hydrogen-bond acceptors (Lipinski definition) is 2. The van der Waals surface area contributed by atoms with Crippen LogP contribution in [0.2, 0.25) is 5.02 Å². The molecule has 1 aromatic heterocycles. The number of halogens is 3. The smallest absolute Gasteiger partial charge is 0.336 e. The van der Waals surface area contributed by atoms with Gasteiger partial charge in [0.2, 0.25) is 0 Å². The number of alkyl halides is 2. The Morgan fingerprint density at radius 1 is 1.33 bits per heavy atom. The summed E-state index contributed by atoms with van der Waals surface area (Å²) in [6.07, 6.45) is -2.56. The van der Waals surface area contributed by atoms with Crippen molar-refractivity contribution in [2.45, 2.75) is 6.43 Å². The number of carboxylic acid groups (broad SMARTS) is 1. The van der Waals surface area contributed by atoms with E-state index in [9.17, 15) is 13.6 Å². The first-order chi connectivity index (χ1) is 8.49. The second kappa shape index (κ2) is 5.04. The predicted octanol–water partition coefficient (Wildman–Crippen LogP) is 4.70. The van der Waals surface area contributed by atoms with Crippen LogP contribution >= 0.6 is 22.9 Å². The van der Waals surface area contributed by atoms with Gasteiger partial charge >= 0.3 is 5.97 Å². The zero-order valence-electron chi connectivity index (χ0n) is 8.86. The molecule has 0 aliphatic heterocycles. The zero-order valence-corrected chi connectivity index (χ0v) is 10.4. The molecule has 1 heterocycles. The Labute approximate surface area is 110 Å². The number of benzene rings is 1. The number of thiophene rings is 1. The van der Waals surface area contributed by atoms with Gasteiger partial charge in [0.1, 0.15) is 0 Å². The largest absolute Gasteiger partial charge is 0.478 e. The number of aromatic carboxylic acids is 1. The molecule has 0 aliphatic rings. The fraction of sp³-hybridized carbons (Fsp3) is 0.0833. The summed E-state index contributed by atoms with van der Waals surface area (Å²) in [5, 5.41) is 10.9. The van der Waals surface area contributed by atoms with Gasteiger partial charge in [-0.25, -0.2) is 13.6 Å². The predicted molar refractivity (Wildman–Crippen MR) is 66.7 cm³/mol. The molecule has 0 fully saturated rings. The van der Waals surface area contributed by atoms with Crippen molar-refractivity contribution in [2.75, 3.05) is 0 Å². The van der Waals surface area contributed by atoms with E-state index in [-0.39, 0.29) is 10.4 Å². The SMILES string of the molecule is O=C(O)c1ccc(Cl)cc1-c1csc(C(F)F)c1. The Bertz CT molecular complexity index is 596. The molecule has 0 radical (unpaired) electrons. The van der Waals surface area contributed by atoms with Gasteiger partial charge in [0.05, 0.1) is 10.4 Å². The van der Waals surface area contributed by atoms with Crippen LogP contribution in [0.3, 0.4) is 0 Å². The van der Waals surface area contributed by atoms with Gasteiger partial charge in [0.25, 0.3) is 6.43 Å². The van der Waals surface area contributed by atoms with Crippen LogP contribution in [0.4, 0.5) is 8.78 Å². The van der Waals surface area contributed by atoms with E-state index in [1.165, 1.54) is 29.6 Å². The maximum absolute atomic E-state index is 12.5. The highest BCUT2D eigenvalue weighted by molar-refractivity contribution is 7.10. The van der Waals surface area contributed by atoms with Crippen molar-refractivity contribution in [2.24, 2.45) is 0 Å². The van der Waals surface area contributed by atoms with E-state index in [1.54, 1.807) is 0 Å². The quantitative estimate of drug-likeness (QED) is 0.888. The average Bonchev–Trinajstić information content (AvgIpc) is 2.77. The Morgan fingerprint density at radius 2 is 2.06 bits per heavy atom. The molecule has 0 amide bonds. The molecule has 0 saturated heterocycles. The lowest BCUT2D eigenvalue weighted by Gasteiger charge is -2.04. The van der Waals surface area contributed by atoms with E-state index >= 15 is 0 Å². The van der Waals surface area contributed by atoms with Gasteiger partial charge in [-0.3, -0.25) is 0 Å². The Hall–Kier alpha value is -1.46. The normalized spacial score (nSPS) is 10.9. The molecule has 94 valence electrons. The van der Waals surface area contributed by atoms with Gasteiger partial charge in [0, 0.05) is 5.02 Å². The van der Waals surface area contributed by atoms with Crippen molar-refractivity contribution < 1.29 is 18.7 Å². The number of carboxylic acids is 1. The second-order valence-corrected chi connectivity index (χ2v) is 4.91. The Morgan fingerprint density at radius 3 is 2.61 bits per heavy atom. The lowest BCUT2D eigenvalue weighted by atomic mass is 10.0. The summed E-state index contributed by atoms with van der Waals surface area (Å²) in [7, 11) is 0. The van der Waals surface area contributed by atoms with E-state index < -0.39 is 12.4 Å². The third-order valence-corrected chi connectivity index (χ3v) is 3.53. The molecule has 0 aliphatic carbocycles. The molecule has 2 nitrogen and oxygen atoms in total. The highest BCUT2D eigenvalue weighted by Gasteiger charge is 2.16. The fourth-order valence-electron chi connectivity index (χ4n) is 1.55. The van der Waals surface area contributed by atoms with Crippen LogP contribution in [0.1, 0.15) is 21.7 Å². The molecule has 18 heavy (non-hydrogen) atoms. The van der Waals surface area contributed by atoms with Gasteiger partial charge in [-0.2, -0.15) is 0 Å². The van der Waals surface area contributed by atoms with Crippen molar-refractivity contribution >= 4 is 28.9 Å². The van der Waals surface area contributed by atoms with Crippen molar-refractivity contribution in [1.29, 1.82) is 0 Å². The van der Waals surface area contributed by atoms with Crippen LogP contribution in [0.15, 0.2) is 29.6 Å². The molecule has 0 spiro atoms. The molecule has 2 aromatic rings. The van der Waals surface area contributed by atoms with E-state index in [4.69, 9.17) is 16.7 Å². The lowest BCUT2D eigenvalue weighted by molar-refractivity contribution is 0.0697. The van der Waals surface area contributed by atoms with Crippen molar-refractivity contribution in [3.8, 4) is 11.1 Å². The molecular weight excluding hydrogens is 282 g/mol. The summed E-state index contributed by atoms with van der Waals surface area (Å²) in [5.74, 6) is -1.12. The average molecular weight is 289 g/mol. The summed E-state index contributed by atoms with van der Waals surface area (Å²) < 4.78 is 25.0. The number of carbonyl (C=O) groups is 1. The first-order valence-corrected chi connectivity index (χ1v) is 6.14. The zero-order chi connectivity index (χ0) is 13.3. The summed E-state index contributed by atoms with van der Waals surface area (Å²) >= 11 is 6.70. The van der Waals surface area contributed by atoms with Gasteiger partial charge in [-0.05, 0) is 40.8 Å². The van der Waals surface area contributed by atoms with Crippen LogP contribution in [-0.2, 0) is 0 Å². The molecular formula is C12H7ClF2O2S. The summed E-state index contributed by atoms with van der Waals surface area (Å²) in [4.78, 5) is 11.0. The molecule has 1 N–H and O–H groups in total. The van der Waals surface area contributed by atoms with E-state index in [0.29, 0.717) is 16.1 Å². The summed E-state index contributed by atoms with van der Waals surface area (Å²) in [6.45, 7) is 0. The molecule has 6 heteroatoms. The van der Waals surface area contributed by atoms with E-state index in [2.05, 4.69) is 0 Å². The molecule has 0 bridgehead atoms. The molecule has 1 aromatic carbocycles. The minimum Gasteiger partial charge on any atom is -0.478 e. The van der Waals surface area contributed by atoms with Gasteiger partial charge < -0.3 is 5.11 Å². The molecule has 2 rings (SSSR count). The maximum atomic E-state index is 12.5. The van der Waals surface area contributed by atoms with E-state index in [1.807, 2.05) is 0 Å². The van der Waals surface area contributed by atoms with Crippen LogP contribution in [0, 0.1) is 0 Å². The standard InChI is InChI=1S/C12H7ClF2O2S/c13-7-1-2-8(12(16)17)9(4-7)6-3-10(11(14)15)18-5-6/h1-5,11H,(H,16,17). The number of hydrogen-bond donors (Lipinski definition) is 1. The molecule has 0 saturated carbocycles. The van der Waals surface area contributed by atoms with Crippen molar-refractivity contribution in [3.05, 3.63) is 45.1 Å². The Kier molecular flexibility index (Phi) is 3.63. The third kappa shape index (κ3) is 2.52. The molecule has 0 atom stereocenters. The Balaban J connectivity index is 2.54. The monoisotopic (exact) mass is 288 g/mol. The van der Waals surface area contributed by atoms with Crippen LogP contribution in [0.5, 0.6) is 0 Å². The number of rotatable bonds is 3. The summed E-state index contributed by atoms with van der Waals surface area (Å²) in [5.41, 5.74) is 0.825. The van der Waals surface area contributed by atoms with Crippen molar-refractivity contribution in [1.82, 2.24) is 0 Å². The minimum atomic E-state index is -2.56. The molecule has 0 unspecified atom stereocenters. The minimum absolute atomic E-state index is 0.0398. The van der Waals surface area contributed by atoms with Gasteiger partial charge in [-0.15, -0.1) is 11.3 Å². The van der Waals surface area contributed by atoms with Gasteiger partial charge in [0.15, 0.2) is 0 Å². The van der Waals surface area contributed by atoms with Crippen LogP contribution in [0.25, 0.3) is 11.1 Å². The van der Waals surface area contributed by atoms with Crippen molar-refractivity contribution in [3.63, 3.8) is 0 Å². The maximum Gasteiger partial charge on any atom is 0.336 e. The van der Waals surface area contributed by atoms with Crippen LogP contribution in [-0.4, -0.2) is 11.1 Å². The van der Waals surface area contributed by atoms with Crippen LogP contribution < -0.4 is 0 Å². The first kappa shape index (κ1) is 13.0. The summed E-state index contributed by atoms with van der Waals surface area (Å²) in [6, 6.07) is 5.56. The highest BCUT2D eigenvalue weighted by Crippen LogP contribution is 2.34. The fourth-order valence-corrected chi connectivity index (χ4v) is 2.48. The van der Waals surface area contributed by atoms with E-state index in [0.717, 1.165) is 11.3 Å². The lowest BCUT2D eigenvalue weighted by Crippen LogP contribution is -1.98. The van der Waals surface area contributed by atoms with Gasteiger partial charge in [-0.1, -0.05) is 11.6 Å². The second-order valence-electron chi connectivity index (χ2n) is 3.53. The third-order valence-electron chi connectivity index (χ3n) is 2.36. The highest BCUT2D eigenvalue weighted by atomic mass is 35.5. The first-order valence-electron chi connectivity index (χ1n) is 4.89.